The lowest BCUT2D eigenvalue weighted by molar-refractivity contribution is -0.131. The van der Waals surface area contributed by atoms with Gasteiger partial charge in [-0.2, -0.15) is 5.10 Å². The van der Waals surface area contributed by atoms with E-state index in [0.29, 0.717) is 80.5 Å². The molecule has 2 aliphatic heterocycles. The number of aliphatic hydroxyl groups excluding tert-OH is 1. The van der Waals surface area contributed by atoms with E-state index in [0.717, 1.165) is 51.9 Å². The number of pyridine rings is 1. The molecule has 2 amide bonds. The van der Waals surface area contributed by atoms with E-state index in [2.05, 4.69) is 44.6 Å². The maximum atomic E-state index is 13.3. The smallest absolute Gasteiger partial charge is 0.274 e. The van der Waals surface area contributed by atoms with Crippen molar-refractivity contribution < 1.29 is 29.3 Å². The van der Waals surface area contributed by atoms with Crippen LogP contribution in [0.2, 0.25) is 0 Å². The highest BCUT2D eigenvalue weighted by Gasteiger charge is 2.41. The number of carbonyl (C=O) groups is 2. The fourth-order valence-electron chi connectivity index (χ4n) is 7.95. The second-order valence-electron chi connectivity index (χ2n) is 16.0. The topological polar surface area (TPSA) is 165 Å². The average Bonchev–Trinajstić information content (AvgIpc) is 3.92. The number of likely N-dealkylation sites (tertiary alicyclic amines) is 1. The van der Waals surface area contributed by atoms with E-state index in [4.69, 9.17) is 9.47 Å². The van der Waals surface area contributed by atoms with Crippen molar-refractivity contribution in [3.8, 4) is 5.75 Å². The first-order valence-electron chi connectivity index (χ1n) is 20.5. The number of morpholine rings is 1. The molecule has 2 aromatic carbocycles. The van der Waals surface area contributed by atoms with Crippen molar-refractivity contribution in [3.63, 3.8) is 0 Å². The van der Waals surface area contributed by atoms with Crippen LogP contribution in [0.1, 0.15) is 65.4 Å². The number of hydrogen-bond acceptors (Lipinski definition) is 10. The number of ether oxygens (including phenoxy) is 2. The summed E-state index contributed by atoms with van der Waals surface area (Å²) in [5.41, 5.74) is 3.33. The fourth-order valence-corrected chi connectivity index (χ4v) is 7.95. The summed E-state index contributed by atoms with van der Waals surface area (Å²) in [6, 6.07) is 16.6. The quantitative estimate of drug-likeness (QED) is 0.110. The van der Waals surface area contributed by atoms with Gasteiger partial charge in [0.05, 0.1) is 50.0 Å². The van der Waals surface area contributed by atoms with Crippen molar-refractivity contribution in [3.05, 3.63) is 93.5 Å². The van der Waals surface area contributed by atoms with E-state index < -0.39 is 6.10 Å². The second kappa shape index (κ2) is 18.8. The van der Waals surface area contributed by atoms with Gasteiger partial charge in [-0.25, -0.2) is 0 Å². The number of amides is 2. The van der Waals surface area contributed by atoms with Crippen LogP contribution in [-0.4, -0.2) is 136 Å². The Morgan fingerprint density at radius 2 is 1.88 bits per heavy atom. The number of aromatic amines is 1. The van der Waals surface area contributed by atoms with Crippen molar-refractivity contribution in [2.75, 3.05) is 79.2 Å². The van der Waals surface area contributed by atoms with E-state index in [9.17, 15) is 24.6 Å². The number of rotatable bonds is 18. The van der Waals surface area contributed by atoms with Crippen LogP contribution in [0.3, 0.4) is 0 Å². The maximum Gasteiger partial charge on any atom is 0.274 e. The Morgan fingerprint density at radius 3 is 2.68 bits per heavy atom. The van der Waals surface area contributed by atoms with Gasteiger partial charge in [-0.05, 0) is 79.3 Å². The molecule has 0 bridgehead atoms. The lowest BCUT2D eigenvalue weighted by Crippen LogP contribution is -2.58. The minimum absolute atomic E-state index is 0.00997. The summed E-state index contributed by atoms with van der Waals surface area (Å²) < 4.78 is 14.1. The third kappa shape index (κ3) is 10.9. The van der Waals surface area contributed by atoms with E-state index in [1.807, 2.05) is 21.8 Å². The lowest BCUT2D eigenvalue weighted by Gasteiger charge is -2.47. The minimum Gasteiger partial charge on any atom is -0.506 e. The number of aromatic nitrogens is 3. The number of likely N-dealkylation sites (N-methyl/N-ethyl adjacent to an activating group) is 1. The van der Waals surface area contributed by atoms with Crippen LogP contribution in [0.15, 0.2) is 65.6 Å². The number of H-pyrrole nitrogens is 1. The van der Waals surface area contributed by atoms with E-state index >= 15 is 0 Å². The Bertz CT molecular complexity index is 2040. The Morgan fingerprint density at radius 1 is 1.07 bits per heavy atom. The predicted octanol–water partition coefficient (Wildman–Crippen LogP) is 3.12. The van der Waals surface area contributed by atoms with Crippen molar-refractivity contribution in [2.24, 2.45) is 5.92 Å². The highest BCUT2D eigenvalue weighted by Crippen LogP contribution is 2.32. The number of aliphatic hydroxyl groups is 1. The van der Waals surface area contributed by atoms with Crippen molar-refractivity contribution in [2.45, 2.75) is 63.2 Å². The molecular weight excluding hydrogens is 727 g/mol. The summed E-state index contributed by atoms with van der Waals surface area (Å²) in [6.45, 7) is 7.68. The molecule has 1 spiro atoms. The standard InChI is InChI=1S/C43H57N7O7/c1-47(22-17-44-28-38(52)34-7-9-37(51)41-35(34)8-10-39(53)45-41)40(54)14-25-56-24-13-32-4-2-3-31(27-32)11-18-48-20-15-43(16-21-48)30-49(23-26-57-43)42(55)36-12-19-50(46-36)29-33-5-6-33/h2-4,7-10,12,19,27,33,38,44,51-52H,5-6,11,13-18,20-26,28-30H2,1H3,(H,45,53)/t38-/m1/s1. The summed E-state index contributed by atoms with van der Waals surface area (Å²) >= 11 is 0. The van der Waals surface area contributed by atoms with E-state index in [1.165, 1.54) is 36.1 Å². The first-order valence-corrected chi connectivity index (χ1v) is 20.5. The zero-order valence-corrected chi connectivity index (χ0v) is 33.0. The Labute approximate surface area is 333 Å². The predicted molar refractivity (Wildman–Crippen MR) is 216 cm³/mol. The molecule has 4 heterocycles. The summed E-state index contributed by atoms with van der Waals surface area (Å²) in [5, 5.41) is 29.2. The summed E-state index contributed by atoms with van der Waals surface area (Å²) in [6.07, 6.45) is 7.44. The Balaban J connectivity index is 0.753. The molecule has 0 radical (unpaired) electrons. The number of nitrogens with one attached hydrogen (secondary N) is 2. The van der Waals surface area contributed by atoms with E-state index in [-0.39, 0.29) is 35.3 Å². The van der Waals surface area contributed by atoms with Gasteiger partial charge in [0, 0.05) is 77.1 Å². The molecule has 4 aromatic rings. The zero-order valence-electron chi connectivity index (χ0n) is 33.0. The monoisotopic (exact) mass is 783 g/mol. The van der Waals surface area contributed by atoms with Gasteiger partial charge in [0.1, 0.15) is 11.4 Å². The molecule has 14 nitrogen and oxygen atoms in total. The molecule has 2 aromatic heterocycles. The average molecular weight is 784 g/mol. The van der Waals surface area contributed by atoms with Gasteiger partial charge >= 0.3 is 0 Å². The van der Waals surface area contributed by atoms with Crippen LogP contribution in [-0.2, 0) is 33.7 Å². The van der Waals surface area contributed by atoms with Gasteiger partial charge in [-0.15, -0.1) is 0 Å². The van der Waals surface area contributed by atoms with Crippen LogP contribution in [0.5, 0.6) is 5.75 Å². The highest BCUT2D eigenvalue weighted by molar-refractivity contribution is 5.92. The molecule has 3 fully saturated rings. The van der Waals surface area contributed by atoms with Gasteiger partial charge in [0.25, 0.3) is 5.91 Å². The molecule has 1 atom stereocenters. The molecule has 14 heteroatoms. The summed E-state index contributed by atoms with van der Waals surface area (Å²) in [5.74, 6) is 0.667. The molecule has 7 rings (SSSR count). The number of carbonyl (C=O) groups excluding carboxylic acids is 2. The SMILES string of the molecule is CN(CCNC[C@@H](O)c1ccc(O)c2[nH]c(=O)ccc12)C(=O)CCOCCc1cccc(CCN2CCC3(CC2)CN(C(=O)c2ccn(CC4CC4)n2)CCO3)c1. The lowest BCUT2D eigenvalue weighted by atomic mass is 9.89. The van der Waals surface area contributed by atoms with Gasteiger partial charge in [0.15, 0.2) is 0 Å². The molecule has 4 N–H and O–H groups in total. The minimum atomic E-state index is -0.861. The fraction of sp³-hybridized carbons (Fsp3) is 0.535. The Hall–Kier alpha value is -4.60. The largest absolute Gasteiger partial charge is 0.506 e. The molecule has 2 saturated heterocycles. The third-order valence-electron chi connectivity index (χ3n) is 11.7. The first-order chi connectivity index (χ1) is 27.6. The molecule has 306 valence electrons. The van der Waals surface area contributed by atoms with Gasteiger partial charge < -0.3 is 44.7 Å². The second-order valence-corrected chi connectivity index (χ2v) is 16.0. The summed E-state index contributed by atoms with van der Waals surface area (Å²) in [4.78, 5) is 46.4. The van der Waals surface area contributed by atoms with E-state index in [1.54, 1.807) is 24.1 Å². The number of aromatic hydroxyl groups is 1. The molecule has 57 heavy (non-hydrogen) atoms. The molecule has 1 saturated carbocycles. The zero-order chi connectivity index (χ0) is 39.8. The normalized spacial score (nSPS) is 17.6. The molecular formula is C43H57N7O7. The number of phenols is 1. The number of benzene rings is 2. The maximum absolute atomic E-state index is 13.3. The number of hydrogen-bond donors (Lipinski definition) is 4. The molecule has 3 aliphatic rings. The third-order valence-corrected chi connectivity index (χ3v) is 11.7. The highest BCUT2D eigenvalue weighted by atomic mass is 16.5. The van der Waals surface area contributed by atoms with Gasteiger partial charge in [-0.3, -0.25) is 19.1 Å². The molecule has 0 unspecified atom stereocenters. The van der Waals surface area contributed by atoms with Gasteiger partial charge in [-0.1, -0.05) is 30.3 Å². The summed E-state index contributed by atoms with van der Waals surface area (Å²) in [7, 11) is 1.76. The van der Waals surface area contributed by atoms with Gasteiger partial charge in [0.2, 0.25) is 11.5 Å². The van der Waals surface area contributed by atoms with Crippen LogP contribution in [0.25, 0.3) is 10.9 Å². The number of fused-ring (bicyclic) bond motifs is 1. The van der Waals surface area contributed by atoms with Crippen molar-refractivity contribution in [1.29, 1.82) is 0 Å². The van der Waals surface area contributed by atoms with Crippen LogP contribution >= 0.6 is 0 Å². The molecule has 1 aliphatic carbocycles. The van der Waals surface area contributed by atoms with Crippen molar-refractivity contribution in [1.82, 2.24) is 34.8 Å². The van der Waals surface area contributed by atoms with Crippen molar-refractivity contribution >= 4 is 22.7 Å². The Kier molecular flexibility index (Phi) is 13.4. The van der Waals surface area contributed by atoms with Crippen LogP contribution in [0.4, 0.5) is 0 Å². The number of nitrogens with zero attached hydrogens (tertiary/aromatic N) is 5. The first kappa shape index (κ1) is 40.6. The number of piperidine rings is 1. The number of phenolic OH excluding ortho intramolecular Hbond substituents is 1. The van der Waals surface area contributed by atoms with Crippen LogP contribution in [0, 0.1) is 5.92 Å². The van der Waals surface area contributed by atoms with Crippen LogP contribution < -0.4 is 10.9 Å².